The van der Waals surface area contributed by atoms with Crippen LogP contribution < -0.4 is 9.47 Å². The van der Waals surface area contributed by atoms with E-state index in [1.165, 1.54) is 0 Å². The van der Waals surface area contributed by atoms with Gasteiger partial charge in [-0.2, -0.15) is 0 Å². The van der Waals surface area contributed by atoms with Gasteiger partial charge >= 0.3 is 5.95 Å². The molecule has 0 aliphatic heterocycles. The maximum absolute atomic E-state index is 12.0. The minimum absolute atomic E-state index is 0.0117. The normalized spacial score (nSPS) is 10.8. The van der Waals surface area contributed by atoms with Gasteiger partial charge in [0.2, 0.25) is 0 Å². The number of rotatable bonds is 6. The Morgan fingerprint density at radius 1 is 0.864 bits per heavy atom. The molecule has 2 rings (SSSR count). The van der Waals surface area contributed by atoms with E-state index in [2.05, 4.69) is 0 Å². The lowest BCUT2D eigenvalue weighted by Gasteiger charge is -2.15. The van der Waals surface area contributed by atoms with Gasteiger partial charge in [-0.05, 0) is 30.7 Å². The van der Waals surface area contributed by atoms with E-state index in [9.17, 15) is 8.42 Å². The molecule has 0 heterocycles. The molecule has 0 radical (unpaired) electrons. The fourth-order valence-corrected chi connectivity index (χ4v) is 2.79. The summed E-state index contributed by atoms with van der Waals surface area (Å²) in [5.41, 5.74) is 0. The van der Waals surface area contributed by atoms with Crippen molar-refractivity contribution >= 4 is 9.84 Å². The van der Waals surface area contributed by atoms with E-state index in [1.807, 2.05) is 36.4 Å². The Hall–Kier alpha value is -2.27. The molecule has 0 aliphatic rings. The summed E-state index contributed by atoms with van der Waals surface area (Å²) in [7, 11) is -3.42. The molecule has 2 aromatic rings. The van der Waals surface area contributed by atoms with E-state index in [0.717, 1.165) is 6.26 Å². The molecule has 0 saturated carbocycles. The fourth-order valence-electron chi connectivity index (χ4n) is 1.88. The predicted octanol–water partition coefficient (Wildman–Crippen LogP) is 3.77. The molecule has 0 bridgehead atoms. The van der Waals surface area contributed by atoms with E-state index in [4.69, 9.17) is 9.47 Å². The standard InChI is InChI=1S/C17H18O4S/c1-3-16(22(2,18)19)17(20-14-10-6-4-7-11-14)21-15-12-8-5-9-13-15/h4-13H,3H2,1-2H3. The van der Waals surface area contributed by atoms with Crippen LogP contribution in [0.15, 0.2) is 71.5 Å². The Labute approximate surface area is 130 Å². The van der Waals surface area contributed by atoms with Crippen molar-refractivity contribution in [3.8, 4) is 11.5 Å². The largest absolute Gasteiger partial charge is 0.425 e. The number of ether oxygens (including phenoxy) is 2. The molecule has 0 spiro atoms. The number of allylic oxidation sites excluding steroid dienone is 1. The first kappa shape index (κ1) is 16.1. The third-order valence-corrected chi connectivity index (χ3v) is 4.25. The molecule has 22 heavy (non-hydrogen) atoms. The Balaban J connectivity index is 2.42. The van der Waals surface area contributed by atoms with Crippen LogP contribution in [-0.2, 0) is 9.84 Å². The van der Waals surface area contributed by atoms with Gasteiger partial charge in [-0.25, -0.2) is 8.42 Å². The Morgan fingerprint density at radius 3 is 1.59 bits per heavy atom. The molecule has 0 amide bonds. The topological polar surface area (TPSA) is 52.6 Å². The van der Waals surface area contributed by atoms with Gasteiger partial charge in [-0.3, -0.25) is 0 Å². The molecule has 0 fully saturated rings. The van der Waals surface area contributed by atoms with Crippen molar-refractivity contribution in [2.24, 2.45) is 0 Å². The molecule has 5 heteroatoms. The van der Waals surface area contributed by atoms with Crippen LogP contribution in [0.2, 0.25) is 0 Å². The van der Waals surface area contributed by atoms with Crippen molar-refractivity contribution in [3.63, 3.8) is 0 Å². The van der Waals surface area contributed by atoms with Crippen LogP contribution >= 0.6 is 0 Å². The van der Waals surface area contributed by atoms with Crippen molar-refractivity contribution in [1.29, 1.82) is 0 Å². The fraction of sp³-hybridized carbons (Fsp3) is 0.176. The average molecular weight is 318 g/mol. The summed E-state index contributed by atoms with van der Waals surface area (Å²) in [6, 6.07) is 17.9. The third kappa shape index (κ3) is 4.36. The second-order valence-corrected chi connectivity index (χ2v) is 6.70. The highest BCUT2D eigenvalue weighted by Crippen LogP contribution is 2.23. The van der Waals surface area contributed by atoms with Crippen molar-refractivity contribution in [3.05, 3.63) is 71.5 Å². The van der Waals surface area contributed by atoms with Gasteiger partial charge in [-0.15, -0.1) is 0 Å². The van der Waals surface area contributed by atoms with E-state index in [0.29, 0.717) is 11.5 Å². The van der Waals surface area contributed by atoms with Gasteiger partial charge in [0, 0.05) is 6.26 Å². The number of benzene rings is 2. The van der Waals surface area contributed by atoms with Gasteiger partial charge in [-0.1, -0.05) is 43.3 Å². The highest BCUT2D eigenvalue weighted by atomic mass is 32.2. The first-order valence-corrected chi connectivity index (χ1v) is 8.79. The lowest BCUT2D eigenvalue weighted by atomic mass is 10.3. The second-order valence-electron chi connectivity index (χ2n) is 4.67. The zero-order chi connectivity index (χ0) is 16.0. The molecule has 2 aromatic carbocycles. The van der Waals surface area contributed by atoms with Gasteiger partial charge in [0.15, 0.2) is 9.84 Å². The maximum atomic E-state index is 12.0. The van der Waals surface area contributed by atoms with Crippen LogP contribution in [0, 0.1) is 0 Å². The maximum Gasteiger partial charge on any atom is 0.305 e. The molecule has 0 aromatic heterocycles. The van der Waals surface area contributed by atoms with Gasteiger partial charge in [0.1, 0.15) is 16.4 Å². The molecule has 0 saturated heterocycles. The molecule has 0 unspecified atom stereocenters. The van der Waals surface area contributed by atoms with Crippen LogP contribution in [0.25, 0.3) is 0 Å². The minimum atomic E-state index is -3.42. The van der Waals surface area contributed by atoms with E-state index in [-0.39, 0.29) is 17.3 Å². The summed E-state index contributed by atoms with van der Waals surface area (Å²) in [6.07, 6.45) is 1.43. The van der Waals surface area contributed by atoms with Crippen LogP contribution in [0.3, 0.4) is 0 Å². The summed E-state index contributed by atoms with van der Waals surface area (Å²) >= 11 is 0. The Kier molecular flexibility index (Phi) is 5.22. The SMILES string of the molecule is CCC(=C(Oc1ccccc1)Oc1ccccc1)S(C)(=O)=O. The number of para-hydroxylation sites is 2. The Morgan fingerprint density at radius 2 is 1.27 bits per heavy atom. The summed E-state index contributed by atoms with van der Waals surface area (Å²) in [6.45, 7) is 1.75. The molecule has 116 valence electrons. The molecular weight excluding hydrogens is 300 g/mol. The van der Waals surface area contributed by atoms with Crippen molar-refractivity contribution in [2.75, 3.05) is 6.26 Å². The van der Waals surface area contributed by atoms with E-state index >= 15 is 0 Å². The predicted molar refractivity (Wildman–Crippen MR) is 86.3 cm³/mol. The van der Waals surface area contributed by atoms with Gasteiger partial charge in [0.05, 0.1) is 0 Å². The van der Waals surface area contributed by atoms with Gasteiger partial charge in [0.25, 0.3) is 0 Å². The van der Waals surface area contributed by atoms with Crippen LogP contribution in [0.1, 0.15) is 13.3 Å². The molecule has 4 nitrogen and oxygen atoms in total. The molecular formula is C17H18O4S. The molecule has 0 aliphatic carbocycles. The monoisotopic (exact) mass is 318 g/mol. The second kappa shape index (κ2) is 7.13. The summed E-state index contributed by atoms with van der Waals surface area (Å²) in [4.78, 5) is 0.125. The van der Waals surface area contributed by atoms with Crippen LogP contribution in [0.4, 0.5) is 0 Å². The van der Waals surface area contributed by atoms with Crippen molar-refractivity contribution in [2.45, 2.75) is 13.3 Å². The highest BCUT2D eigenvalue weighted by molar-refractivity contribution is 7.94. The smallest absolute Gasteiger partial charge is 0.305 e. The van der Waals surface area contributed by atoms with Crippen molar-refractivity contribution < 1.29 is 17.9 Å². The number of sulfone groups is 1. The summed E-state index contributed by atoms with van der Waals surface area (Å²) in [5, 5.41) is 0. The minimum Gasteiger partial charge on any atom is -0.425 e. The first-order valence-electron chi connectivity index (χ1n) is 6.89. The zero-order valence-corrected chi connectivity index (χ0v) is 13.3. The van der Waals surface area contributed by atoms with Crippen LogP contribution in [-0.4, -0.2) is 14.7 Å². The Bertz CT molecular complexity index is 691. The van der Waals surface area contributed by atoms with Gasteiger partial charge < -0.3 is 9.47 Å². The highest BCUT2D eigenvalue weighted by Gasteiger charge is 2.20. The number of hydrogen-bond acceptors (Lipinski definition) is 4. The van der Waals surface area contributed by atoms with Crippen molar-refractivity contribution in [1.82, 2.24) is 0 Å². The average Bonchev–Trinajstić information content (AvgIpc) is 2.48. The summed E-state index contributed by atoms with van der Waals surface area (Å²) in [5.74, 6) is 1.02. The van der Waals surface area contributed by atoms with E-state index < -0.39 is 9.84 Å². The third-order valence-electron chi connectivity index (χ3n) is 2.90. The van der Waals surface area contributed by atoms with Crippen LogP contribution in [0.5, 0.6) is 11.5 Å². The lowest BCUT2D eigenvalue weighted by Crippen LogP contribution is -2.13. The quantitative estimate of drug-likeness (QED) is 0.761. The lowest BCUT2D eigenvalue weighted by molar-refractivity contribution is 0.222. The molecule has 0 atom stereocenters. The first-order chi connectivity index (χ1) is 10.5. The van der Waals surface area contributed by atoms with E-state index in [1.54, 1.807) is 31.2 Å². The summed E-state index contributed by atoms with van der Waals surface area (Å²) < 4.78 is 35.3. The molecule has 0 N–H and O–H groups in total. The number of hydrogen-bond donors (Lipinski definition) is 0. The zero-order valence-electron chi connectivity index (χ0n) is 12.5.